The van der Waals surface area contributed by atoms with Gasteiger partial charge in [-0.1, -0.05) is 42.5 Å². The molecular formula is C28H29N3O3S. The Kier molecular flexibility index (Phi) is 7.67. The summed E-state index contributed by atoms with van der Waals surface area (Å²) in [7, 11) is 3.25. The minimum Gasteiger partial charge on any atom is -0.497 e. The van der Waals surface area contributed by atoms with E-state index < -0.39 is 0 Å². The zero-order chi connectivity index (χ0) is 24.8. The van der Waals surface area contributed by atoms with Crippen LogP contribution in [0.1, 0.15) is 29.7 Å². The summed E-state index contributed by atoms with van der Waals surface area (Å²) in [4.78, 5) is 18.0. The van der Waals surface area contributed by atoms with Gasteiger partial charge in [0.1, 0.15) is 11.5 Å². The summed E-state index contributed by atoms with van der Waals surface area (Å²) < 4.78 is 10.6. The van der Waals surface area contributed by atoms with E-state index >= 15 is 0 Å². The van der Waals surface area contributed by atoms with Gasteiger partial charge in [0.15, 0.2) is 5.11 Å². The van der Waals surface area contributed by atoms with Gasteiger partial charge >= 0.3 is 0 Å². The second-order valence-corrected chi connectivity index (χ2v) is 8.75. The molecule has 0 saturated heterocycles. The zero-order valence-electron chi connectivity index (χ0n) is 20.1. The molecule has 3 aromatic carbocycles. The van der Waals surface area contributed by atoms with Crippen LogP contribution in [0.15, 0.2) is 83.7 Å². The fraction of sp³-hybridized carbons (Fsp3) is 0.214. The molecule has 0 aliphatic carbocycles. The number of nitrogens with zero attached hydrogens (tertiary/aromatic N) is 1. The third-order valence-corrected chi connectivity index (χ3v) is 6.33. The molecule has 0 bridgehead atoms. The molecule has 1 heterocycles. The second kappa shape index (κ2) is 11.1. The van der Waals surface area contributed by atoms with Crippen LogP contribution in [0.5, 0.6) is 11.5 Å². The minimum absolute atomic E-state index is 0.0180. The molecule has 0 aliphatic rings. The van der Waals surface area contributed by atoms with Crippen LogP contribution in [0.4, 0.5) is 0 Å². The molecule has 0 radical (unpaired) electrons. The van der Waals surface area contributed by atoms with Gasteiger partial charge in [-0.3, -0.25) is 4.79 Å². The number of methoxy groups -OCH3 is 2. The molecule has 0 fully saturated rings. The molecule has 1 atom stereocenters. The number of aromatic amines is 1. The number of nitrogens with one attached hydrogen (secondary N) is 2. The van der Waals surface area contributed by atoms with Crippen LogP contribution in [-0.4, -0.2) is 29.2 Å². The predicted octanol–water partition coefficient (Wildman–Crippen LogP) is 5.18. The van der Waals surface area contributed by atoms with Crippen molar-refractivity contribution in [1.29, 1.82) is 0 Å². The van der Waals surface area contributed by atoms with Gasteiger partial charge in [-0.15, -0.1) is 0 Å². The van der Waals surface area contributed by atoms with E-state index in [0.717, 1.165) is 27.8 Å². The largest absolute Gasteiger partial charge is 0.497 e. The first-order valence-corrected chi connectivity index (χ1v) is 11.8. The first-order valence-electron chi connectivity index (χ1n) is 11.4. The summed E-state index contributed by atoms with van der Waals surface area (Å²) >= 11 is 5.83. The van der Waals surface area contributed by atoms with E-state index in [-0.39, 0.29) is 11.6 Å². The van der Waals surface area contributed by atoms with Crippen molar-refractivity contribution in [3.63, 3.8) is 0 Å². The molecule has 1 aromatic heterocycles. The molecule has 4 rings (SSSR count). The smallest absolute Gasteiger partial charge is 0.253 e. The number of rotatable bonds is 8. The van der Waals surface area contributed by atoms with Crippen molar-refractivity contribution in [3.05, 3.63) is 106 Å². The first-order chi connectivity index (χ1) is 17.0. The maximum absolute atomic E-state index is 13.0. The lowest BCUT2D eigenvalue weighted by Crippen LogP contribution is -2.41. The van der Waals surface area contributed by atoms with Gasteiger partial charge in [0.2, 0.25) is 0 Å². The quantitative estimate of drug-likeness (QED) is 0.334. The normalized spacial score (nSPS) is 11.6. The van der Waals surface area contributed by atoms with Gasteiger partial charge in [0.25, 0.3) is 5.56 Å². The molecule has 0 amide bonds. The Bertz CT molecular complexity index is 1350. The average molecular weight is 488 g/mol. The van der Waals surface area contributed by atoms with Crippen molar-refractivity contribution in [2.75, 3.05) is 14.2 Å². The number of aromatic nitrogens is 1. The van der Waals surface area contributed by atoms with Crippen molar-refractivity contribution in [2.24, 2.45) is 0 Å². The number of benzene rings is 3. The predicted molar refractivity (Wildman–Crippen MR) is 144 cm³/mol. The number of H-pyrrole nitrogens is 1. The number of hydrogen-bond acceptors (Lipinski definition) is 4. The summed E-state index contributed by atoms with van der Waals surface area (Å²) in [5, 5.41) is 4.94. The van der Waals surface area contributed by atoms with E-state index in [0.29, 0.717) is 29.5 Å². The summed E-state index contributed by atoms with van der Waals surface area (Å²) in [5.74, 6) is 1.49. The zero-order valence-corrected chi connectivity index (χ0v) is 20.9. The summed E-state index contributed by atoms with van der Waals surface area (Å²) in [6.45, 7) is 2.97. The first kappa shape index (κ1) is 24.3. The van der Waals surface area contributed by atoms with Crippen LogP contribution in [0.25, 0.3) is 10.9 Å². The number of pyridine rings is 1. The van der Waals surface area contributed by atoms with Crippen LogP contribution in [-0.2, 0) is 13.1 Å². The van der Waals surface area contributed by atoms with Gasteiger partial charge in [-0.05, 0) is 66.0 Å². The molecule has 7 heteroatoms. The lowest BCUT2D eigenvalue weighted by molar-refractivity contribution is 0.390. The monoisotopic (exact) mass is 487 g/mol. The van der Waals surface area contributed by atoms with E-state index in [1.807, 2.05) is 71.6 Å². The molecule has 1 unspecified atom stereocenters. The molecule has 6 nitrogen and oxygen atoms in total. The Hall–Kier alpha value is -3.84. The van der Waals surface area contributed by atoms with Crippen LogP contribution in [0.3, 0.4) is 0 Å². The van der Waals surface area contributed by atoms with E-state index in [1.165, 1.54) is 0 Å². The van der Waals surface area contributed by atoms with Gasteiger partial charge in [0.05, 0.1) is 32.3 Å². The van der Waals surface area contributed by atoms with E-state index in [9.17, 15) is 4.79 Å². The Balaban J connectivity index is 1.61. The van der Waals surface area contributed by atoms with Gasteiger partial charge < -0.3 is 24.7 Å². The number of fused-ring (bicyclic) bond motifs is 1. The van der Waals surface area contributed by atoms with Crippen molar-refractivity contribution in [2.45, 2.75) is 26.1 Å². The van der Waals surface area contributed by atoms with Crippen molar-refractivity contribution < 1.29 is 9.47 Å². The maximum atomic E-state index is 13.0. The standard InChI is InChI=1S/C28H29N3O3S/c1-19(21-7-5-4-6-8-21)29-28(35)31(17-20-9-12-24(33-2)13-10-20)18-23-15-22-11-14-25(34-3)16-26(22)30-27(23)32/h4-16,19H,17-18H2,1-3H3,(H,29,35)(H,30,32). The van der Waals surface area contributed by atoms with Crippen molar-refractivity contribution in [1.82, 2.24) is 15.2 Å². The molecule has 35 heavy (non-hydrogen) atoms. The number of thiocarbonyl (C=S) groups is 1. The fourth-order valence-corrected chi connectivity index (χ4v) is 4.23. The van der Waals surface area contributed by atoms with Gasteiger partial charge in [-0.25, -0.2) is 0 Å². The highest BCUT2D eigenvalue weighted by Crippen LogP contribution is 2.20. The Morgan fingerprint density at radius 3 is 2.31 bits per heavy atom. The third-order valence-electron chi connectivity index (χ3n) is 5.95. The molecule has 4 aromatic rings. The molecule has 180 valence electrons. The SMILES string of the molecule is COc1ccc(CN(Cc2cc3ccc(OC)cc3[nH]c2=O)C(=S)NC(C)c2ccccc2)cc1. The summed E-state index contributed by atoms with van der Waals surface area (Å²) in [6, 6.07) is 25.6. The molecular weight excluding hydrogens is 458 g/mol. The molecule has 0 aliphatic heterocycles. The highest BCUT2D eigenvalue weighted by molar-refractivity contribution is 7.80. The van der Waals surface area contributed by atoms with E-state index in [4.69, 9.17) is 21.7 Å². The lowest BCUT2D eigenvalue weighted by atomic mass is 10.1. The van der Waals surface area contributed by atoms with E-state index in [2.05, 4.69) is 29.4 Å². The number of hydrogen-bond donors (Lipinski definition) is 2. The van der Waals surface area contributed by atoms with Crippen LogP contribution in [0.2, 0.25) is 0 Å². The number of ether oxygens (including phenoxy) is 2. The topological polar surface area (TPSA) is 66.6 Å². The van der Waals surface area contributed by atoms with Crippen LogP contribution >= 0.6 is 12.2 Å². The fourth-order valence-electron chi connectivity index (χ4n) is 3.93. The van der Waals surface area contributed by atoms with Gasteiger partial charge in [0, 0.05) is 18.2 Å². The maximum Gasteiger partial charge on any atom is 0.253 e. The Morgan fingerprint density at radius 1 is 0.943 bits per heavy atom. The lowest BCUT2D eigenvalue weighted by Gasteiger charge is -2.28. The highest BCUT2D eigenvalue weighted by Gasteiger charge is 2.17. The average Bonchev–Trinajstić information content (AvgIpc) is 2.89. The van der Waals surface area contributed by atoms with Crippen LogP contribution in [0, 0.1) is 0 Å². The van der Waals surface area contributed by atoms with Crippen molar-refractivity contribution in [3.8, 4) is 11.5 Å². The highest BCUT2D eigenvalue weighted by atomic mass is 32.1. The van der Waals surface area contributed by atoms with E-state index in [1.54, 1.807) is 14.2 Å². The van der Waals surface area contributed by atoms with Crippen LogP contribution < -0.4 is 20.3 Å². The summed E-state index contributed by atoms with van der Waals surface area (Å²) in [5.41, 5.74) is 3.41. The van der Waals surface area contributed by atoms with Gasteiger partial charge in [-0.2, -0.15) is 0 Å². The molecule has 0 spiro atoms. The summed E-state index contributed by atoms with van der Waals surface area (Å²) in [6.07, 6.45) is 0. The second-order valence-electron chi connectivity index (χ2n) is 8.36. The minimum atomic E-state index is -0.149. The molecule has 0 saturated carbocycles. The molecule has 2 N–H and O–H groups in total. The Morgan fingerprint density at radius 2 is 1.63 bits per heavy atom. The Labute approximate surface area is 210 Å². The third kappa shape index (κ3) is 6.00. The van der Waals surface area contributed by atoms with Crippen molar-refractivity contribution >= 4 is 28.2 Å².